The van der Waals surface area contributed by atoms with Gasteiger partial charge in [0.1, 0.15) is 5.69 Å². The van der Waals surface area contributed by atoms with Crippen molar-refractivity contribution in [3.05, 3.63) is 29.0 Å². The highest BCUT2D eigenvalue weighted by molar-refractivity contribution is 6.30. The normalized spacial score (nSPS) is 33.2. The second kappa shape index (κ2) is 6.04. The summed E-state index contributed by atoms with van der Waals surface area (Å²) < 4.78 is 0. The molecule has 24 heavy (non-hydrogen) atoms. The van der Waals surface area contributed by atoms with Gasteiger partial charge in [0.25, 0.3) is 5.91 Å². The molecule has 5 heteroatoms. The number of amides is 1. The number of nitriles is 1. The maximum atomic E-state index is 13.2. The van der Waals surface area contributed by atoms with Gasteiger partial charge in [0.05, 0.1) is 12.5 Å². The Hall–Kier alpha value is -1.60. The van der Waals surface area contributed by atoms with Crippen LogP contribution in [0.2, 0.25) is 5.02 Å². The summed E-state index contributed by atoms with van der Waals surface area (Å²) in [6.45, 7) is 0.496. The molecule has 0 radical (unpaired) electrons. The van der Waals surface area contributed by atoms with Crippen molar-refractivity contribution in [1.82, 2.24) is 9.88 Å². The molecule has 4 fully saturated rings. The van der Waals surface area contributed by atoms with Gasteiger partial charge in [-0.2, -0.15) is 5.26 Å². The van der Waals surface area contributed by atoms with Crippen molar-refractivity contribution in [1.29, 1.82) is 5.26 Å². The Bertz CT molecular complexity index is 661. The predicted octanol–water partition coefficient (Wildman–Crippen LogP) is 4.06. The summed E-state index contributed by atoms with van der Waals surface area (Å²) in [7, 11) is 0. The van der Waals surface area contributed by atoms with Crippen molar-refractivity contribution >= 4 is 17.5 Å². The molecule has 4 aliphatic rings. The lowest BCUT2D eigenvalue weighted by Crippen LogP contribution is -2.61. The van der Waals surface area contributed by atoms with Crippen LogP contribution in [0, 0.1) is 29.1 Å². The van der Waals surface area contributed by atoms with Crippen LogP contribution in [0.4, 0.5) is 0 Å². The average Bonchev–Trinajstić information content (AvgIpc) is 2.53. The molecule has 1 amide bonds. The van der Waals surface area contributed by atoms with E-state index in [0.717, 1.165) is 37.0 Å². The molecule has 1 aromatic rings. The molecule has 0 unspecified atom stereocenters. The fourth-order valence-corrected chi connectivity index (χ4v) is 5.93. The van der Waals surface area contributed by atoms with Crippen LogP contribution in [0.25, 0.3) is 0 Å². The Kier molecular flexibility index (Phi) is 4.00. The Labute approximate surface area is 147 Å². The summed E-state index contributed by atoms with van der Waals surface area (Å²) in [5, 5.41) is 9.60. The average molecular weight is 344 g/mol. The van der Waals surface area contributed by atoms with E-state index in [-0.39, 0.29) is 11.4 Å². The Balaban J connectivity index is 1.67. The first-order chi connectivity index (χ1) is 11.6. The van der Waals surface area contributed by atoms with E-state index in [1.165, 1.54) is 19.3 Å². The monoisotopic (exact) mass is 343 g/mol. The summed E-state index contributed by atoms with van der Waals surface area (Å²) in [6, 6.07) is 5.53. The molecule has 0 N–H and O–H groups in total. The fourth-order valence-electron chi connectivity index (χ4n) is 5.77. The smallest absolute Gasteiger partial charge is 0.272 e. The number of halogens is 1. The van der Waals surface area contributed by atoms with Gasteiger partial charge in [0.15, 0.2) is 0 Å². The van der Waals surface area contributed by atoms with Gasteiger partial charge in [-0.15, -0.1) is 0 Å². The molecule has 0 saturated heterocycles. The molecule has 0 aliphatic heterocycles. The third-order valence-electron chi connectivity index (χ3n) is 6.21. The summed E-state index contributed by atoms with van der Waals surface area (Å²) in [6.07, 6.45) is 9.22. The van der Waals surface area contributed by atoms with E-state index < -0.39 is 0 Å². The molecule has 5 rings (SSSR count). The molecule has 0 aromatic carbocycles. The number of carbonyl (C=O) groups excluding carboxylic acids is 1. The number of aromatic nitrogens is 1. The third kappa shape index (κ3) is 2.69. The van der Waals surface area contributed by atoms with Crippen molar-refractivity contribution < 1.29 is 4.79 Å². The molecular formula is C19H22ClN3O. The van der Waals surface area contributed by atoms with Gasteiger partial charge in [-0.3, -0.25) is 9.78 Å². The lowest BCUT2D eigenvalue weighted by atomic mass is 9.52. The minimum Gasteiger partial charge on any atom is -0.331 e. The first-order valence-electron chi connectivity index (χ1n) is 8.90. The molecule has 4 bridgehead atoms. The van der Waals surface area contributed by atoms with Crippen molar-refractivity contribution in [2.24, 2.45) is 17.8 Å². The summed E-state index contributed by atoms with van der Waals surface area (Å²) >= 11 is 6.05. The molecule has 126 valence electrons. The van der Waals surface area contributed by atoms with E-state index in [4.69, 9.17) is 16.9 Å². The topological polar surface area (TPSA) is 57.0 Å². The van der Waals surface area contributed by atoms with Crippen LogP contribution in [-0.2, 0) is 0 Å². The van der Waals surface area contributed by atoms with Crippen LogP contribution in [0.1, 0.15) is 55.4 Å². The van der Waals surface area contributed by atoms with Crippen molar-refractivity contribution in [3.63, 3.8) is 0 Å². The maximum Gasteiger partial charge on any atom is 0.272 e. The van der Waals surface area contributed by atoms with Crippen LogP contribution < -0.4 is 0 Å². The fraction of sp³-hybridized carbons (Fsp3) is 0.632. The van der Waals surface area contributed by atoms with Crippen LogP contribution in [-0.4, -0.2) is 27.9 Å². The molecular weight excluding hydrogens is 322 g/mol. The first kappa shape index (κ1) is 15.9. The molecule has 0 atom stereocenters. The van der Waals surface area contributed by atoms with Gasteiger partial charge in [0.2, 0.25) is 0 Å². The molecule has 4 nitrogen and oxygen atoms in total. The third-order valence-corrected chi connectivity index (χ3v) is 6.45. The van der Waals surface area contributed by atoms with E-state index in [2.05, 4.69) is 11.1 Å². The Morgan fingerprint density at radius 2 is 1.92 bits per heavy atom. The van der Waals surface area contributed by atoms with Gasteiger partial charge >= 0.3 is 0 Å². The van der Waals surface area contributed by atoms with Crippen LogP contribution >= 0.6 is 11.6 Å². The van der Waals surface area contributed by atoms with Gasteiger partial charge < -0.3 is 4.90 Å². The number of nitrogens with zero attached hydrogens (tertiary/aromatic N) is 3. The SMILES string of the molecule is N#CCCN(C(=O)c1cc(Cl)ccn1)C12CC3CC(CC(C3)C1)C2. The minimum atomic E-state index is -0.0628. The first-order valence-corrected chi connectivity index (χ1v) is 9.28. The van der Waals surface area contributed by atoms with Crippen LogP contribution in [0.5, 0.6) is 0 Å². The van der Waals surface area contributed by atoms with Gasteiger partial charge in [0, 0.05) is 23.3 Å². The van der Waals surface area contributed by atoms with Crippen LogP contribution in [0.3, 0.4) is 0 Å². The zero-order valence-electron chi connectivity index (χ0n) is 13.7. The highest BCUT2D eigenvalue weighted by atomic mass is 35.5. The lowest BCUT2D eigenvalue weighted by Gasteiger charge is -2.60. The zero-order chi connectivity index (χ0) is 16.7. The number of hydrogen-bond donors (Lipinski definition) is 0. The van der Waals surface area contributed by atoms with E-state index >= 15 is 0 Å². The summed E-state index contributed by atoms with van der Waals surface area (Å²) in [4.78, 5) is 19.4. The highest BCUT2D eigenvalue weighted by Gasteiger charge is 2.54. The van der Waals surface area contributed by atoms with Gasteiger partial charge in [-0.1, -0.05) is 11.6 Å². The summed E-state index contributed by atoms with van der Waals surface area (Å²) in [5.41, 5.74) is 0.336. The molecule has 0 spiro atoms. The van der Waals surface area contributed by atoms with E-state index in [1.54, 1.807) is 18.3 Å². The maximum absolute atomic E-state index is 13.2. The quantitative estimate of drug-likeness (QED) is 0.828. The van der Waals surface area contributed by atoms with Crippen molar-refractivity contribution in [2.45, 2.75) is 50.5 Å². The lowest BCUT2D eigenvalue weighted by molar-refractivity contribution is -0.0742. The number of pyridine rings is 1. The summed E-state index contributed by atoms with van der Waals surface area (Å²) in [5.74, 6) is 2.19. The second-order valence-electron chi connectivity index (χ2n) is 7.87. The second-order valence-corrected chi connectivity index (χ2v) is 8.30. The molecule has 4 saturated carbocycles. The standard InChI is InChI=1S/C19H22ClN3O/c20-16-2-4-22-17(9-16)18(24)23(5-1-3-21)19-10-13-6-14(11-19)8-15(7-13)12-19/h2,4,9,13-15H,1,5-8,10-12H2. The minimum absolute atomic E-state index is 0.0605. The molecule has 4 aliphatic carbocycles. The Morgan fingerprint density at radius 1 is 1.29 bits per heavy atom. The molecule has 1 aromatic heterocycles. The van der Waals surface area contributed by atoms with E-state index in [1.807, 2.05) is 4.90 Å². The Morgan fingerprint density at radius 3 is 2.46 bits per heavy atom. The number of rotatable bonds is 4. The molecule has 1 heterocycles. The van der Waals surface area contributed by atoms with Gasteiger partial charge in [-0.05, 0) is 68.4 Å². The van der Waals surface area contributed by atoms with Crippen LogP contribution in [0.15, 0.2) is 18.3 Å². The van der Waals surface area contributed by atoms with E-state index in [0.29, 0.717) is 23.7 Å². The van der Waals surface area contributed by atoms with Gasteiger partial charge in [-0.25, -0.2) is 0 Å². The van der Waals surface area contributed by atoms with E-state index in [9.17, 15) is 4.79 Å². The van der Waals surface area contributed by atoms with Crippen molar-refractivity contribution in [2.75, 3.05) is 6.54 Å². The highest BCUT2D eigenvalue weighted by Crippen LogP contribution is 2.58. The predicted molar refractivity (Wildman–Crippen MR) is 91.4 cm³/mol. The van der Waals surface area contributed by atoms with Crippen molar-refractivity contribution in [3.8, 4) is 6.07 Å². The largest absolute Gasteiger partial charge is 0.331 e. The zero-order valence-corrected chi connectivity index (χ0v) is 14.5. The number of hydrogen-bond acceptors (Lipinski definition) is 3. The number of carbonyl (C=O) groups is 1.